The van der Waals surface area contributed by atoms with Crippen molar-refractivity contribution in [2.24, 2.45) is 17.8 Å². The van der Waals surface area contributed by atoms with Gasteiger partial charge in [-0.3, -0.25) is 14.5 Å². The van der Waals surface area contributed by atoms with Gasteiger partial charge in [-0.2, -0.15) is 0 Å². The van der Waals surface area contributed by atoms with Crippen LogP contribution in [0.15, 0.2) is 57.5 Å². The van der Waals surface area contributed by atoms with Crippen LogP contribution in [0.4, 0.5) is 5.69 Å². The molecule has 5 rings (SSSR count). The zero-order valence-electron chi connectivity index (χ0n) is 23.5. The van der Waals surface area contributed by atoms with E-state index in [0.717, 1.165) is 36.0 Å². The first-order valence-electron chi connectivity index (χ1n) is 14.5. The van der Waals surface area contributed by atoms with E-state index in [1.54, 1.807) is 18.2 Å². The Morgan fingerprint density at radius 1 is 1.15 bits per heavy atom. The molecule has 41 heavy (non-hydrogen) atoms. The molecule has 0 bridgehead atoms. The first kappa shape index (κ1) is 29.5. The van der Waals surface area contributed by atoms with Crippen molar-refractivity contribution in [3.05, 3.63) is 64.6 Å². The van der Waals surface area contributed by atoms with Gasteiger partial charge in [0, 0.05) is 0 Å². The van der Waals surface area contributed by atoms with Gasteiger partial charge in [0.1, 0.15) is 18.1 Å². The van der Waals surface area contributed by atoms with Crippen molar-refractivity contribution in [1.82, 2.24) is 0 Å². The largest absolute Gasteiger partial charge is 0.488 e. The summed E-state index contributed by atoms with van der Waals surface area (Å²) < 4.78 is 11.7. The van der Waals surface area contributed by atoms with E-state index in [1.807, 2.05) is 12.1 Å². The van der Waals surface area contributed by atoms with Gasteiger partial charge in [0.05, 0.1) is 23.6 Å². The lowest BCUT2D eigenvalue weighted by molar-refractivity contribution is -0.122. The summed E-state index contributed by atoms with van der Waals surface area (Å²) >= 11 is 0. The van der Waals surface area contributed by atoms with Gasteiger partial charge >= 0.3 is 14.2 Å². The number of benzene rings is 1. The Hall–Kier alpha value is -2.95. The highest BCUT2D eigenvalue weighted by Gasteiger charge is 2.57. The molecule has 1 aromatic heterocycles. The Balaban J connectivity index is 1.43. The molecule has 4 N–H and O–H groups in total. The van der Waals surface area contributed by atoms with Gasteiger partial charge in [-0.1, -0.05) is 43.5 Å². The van der Waals surface area contributed by atoms with Crippen LogP contribution in [0.1, 0.15) is 63.9 Å². The maximum atomic E-state index is 13.9. The Kier molecular flexibility index (Phi) is 9.01. The second-order valence-corrected chi connectivity index (χ2v) is 11.2. The van der Waals surface area contributed by atoms with Crippen molar-refractivity contribution in [1.29, 1.82) is 0 Å². The highest BCUT2D eigenvalue weighted by Crippen LogP contribution is 2.52. The van der Waals surface area contributed by atoms with Gasteiger partial charge in [-0.15, -0.1) is 0 Å². The molecule has 2 fully saturated rings. The summed E-state index contributed by atoms with van der Waals surface area (Å²) in [6, 6.07) is 9.79. The fourth-order valence-electron chi connectivity index (χ4n) is 6.81. The Labute approximate surface area is 240 Å². The number of furan rings is 1. The number of aliphatic hydroxyl groups is 1. The van der Waals surface area contributed by atoms with E-state index >= 15 is 0 Å². The molecule has 9 nitrogen and oxygen atoms in total. The number of allylic oxidation sites excluding steroid dienone is 2. The van der Waals surface area contributed by atoms with Gasteiger partial charge < -0.3 is 29.3 Å². The molecule has 216 valence electrons. The number of carbonyl (C=O) groups is 2. The maximum Gasteiger partial charge on any atom is 0.488 e. The van der Waals surface area contributed by atoms with Crippen LogP contribution >= 0.6 is 0 Å². The van der Waals surface area contributed by atoms with Crippen molar-refractivity contribution in [3.8, 4) is 0 Å². The van der Waals surface area contributed by atoms with Gasteiger partial charge in [-0.05, 0) is 85.7 Å². The molecule has 3 heterocycles. The number of nitrogens with zero attached hydrogens (tertiary/aromatic N) is 1. The number of hydrogen-bond donors (Lipinski definition) is 4. The number of amides is 2. The SMILES string of the molecule is CCCC1=C2[C@@H](CC/C(=C/c3ccc(CO)o3)CC)OB(O)C[C@@H]2[C@@H]2C(=O)N(c3cccc(B(O)O)c3)C(=O)[C@@H]2C1. The van der Waals surface area contributed by atoms with E-state index in [9.17, 15) is 29.8 Å². The molecular formula is C30H37B2NO8. The van der Waals surface area contributed by atoms with E-state index < -0.39 is 26.1 Å². The number of carbonyl (C=O) groups excluding carboxylic acids is 2. The van der Waals surface area contributed by atoms with Gasteiger partial charge in [0.25, 0.3) is 0 Å². The summed E-state index contributed by atoms with van der Waals surface area (Å²) in [5.41, 5.74) is 3.85. The van der Waals surface area contributed by atoms with Gasteiger partial charge in [-0.25, -0.2) is 0 Å². The van der Waals surface area contributed by atoms with E-state index in [0.29, 0.717) is 36.5 Å². The number of anilines is 1. The highest BCUT2D eigenvalue weighted by molar-refractivity contribution is 6.58. The van der Waals surface area contributed by atoms with E-state index in [2.05, 4.69) is 13.8 Å². The second-order valence-electron chi connectivity index (χ2n) is 11.2. The average Bonchev–Trinajstić information content (AvgIpc) is 3.52. The maximum absolute atomic E-state index is 13.9. The van der Waals surface area contributed by atoms with Gasteiger partial charge in [0.2, 0.25) is 11.8 Å². The quantitative estimate of drug-likeness (QED) is 0.197. The molecule has 2 saturated heterocycles. The number of hydrogen-bond acceptors (Lipinski definition) is 8. The predicted octanol–water partition coefficient (Wildman–Crippen LogP) is 2.83. The van der Waals surface area contributed by atoms with E-state index in [1.165, 1.54) is 17.0 Å². The minimum Gasteiger partial charge on any atom is -0.459 e. The monoisotopic (exact) mass is 561 g/mol. The summed E-state index contributed by atoms with van der Waals surface area (Å²) in [5, 5.41) is 39.4. The van der Waals surface area contributed by atoms with Crippen LogP contribution < -0.4 is 10.4 Å². The first-order chi connectivity index (χ1) is 19.7. The molecule has 2 amide bonds. The lowest BCUT2D eigenvalue weighted by atomic mass is 9.58. The lowest BCUT2D eigenvalue weighted by Crippen LogP contribution is -2.46. The summed E-state index contributed by atoms with van der Waals surface area (Å²) in [5.74, 6) is -0.881. The zero-order chi connectivity index (χ0) is 29.3. The van der Waals surface area contributed by atoms with E-state index in [4.69, 9.17) is 9.07 Å². The number of rotatable bonds is 10. The molecule has 1 aromatic carbocycles. The molecule has 2 aromatic rings. The van der Waals surface area contributed by atoms with Crippen LogP contribution in [0.25, 0.3) is 6.08 Å². The van der Waals surface area contributed by atoms with Crippen molar-refractivity contribution < 1.29 is 38.8 Å². The average molecular weight is 561 g/mol. The molecule has 4 atom stereocenters. The summed E-state index contributed by atoms with van der Waals surface area (Å²) in [6.45, 7) is 3.99. The van der Waals surface area contributed by atoms with Crippen molar-refractivity contribution in [3.63, 3.8) is 0 Å². The molecule has 3 aliphatic rings. The van der Waals surface area contributed by atoms with Crippen molar-refractivity contribution >= 4 is 43.3 Å². The Morgan fingerprint density at radius 2 is 1.95 bits per heavy atom. The first-order valence-corrected chi connectivity index (χ1v) is 14.5. The number of aliphatic hydroxyl groups excluding tert-OH is 1. The topological polar surface area (TPSA) is 141 Å². The fraction of sp³-hybridized carbons (Fsp3) is 0.467. The van der Waals surface area contributed by atoms with Crippen molar-refractivity contribution in [2.45, 2.75) is 71.4 Å². The molecule has 0 unspecified atom stereocenters. The normalized spacial score (nSPS) is 24.7. The summed E-state index contributed by atoms with van der Waals surface area (Å²) in [4.78, 5) is 28.8. The van der Waals surface area contributed by atoms with Crippen LogP contribution in [-0.2, 0) is 20.9 Å². The van der Waals surface area contributed by atoms with Crippen LogP contribution in [0, 0.1) is 17.8 Å². The minimum absolute atomic E-state index is 0.158. The Morgan fingerprint density at radius 3 is 2.63 bits per heavy atom. The molecule has 2 aliphatic heterocycles. The second kappa shape index (κ2) is 12.5. The molecular weight excluding hydrogens is 524 g/mol. The van der Waals surface area contributed by atoms with Crippen LogP contribution in [-0.4, -0.2) is 52.3 Å². The smallest absolute Gasteiger partial charge is 0.459 e. The van der Waals surface area contributed by atoms with Crippen LogP contribution in [0.5, 0.6) is 0 Å². The molecule has 0 spiro atoms. The highest BCUT2D eigenvalue weighted by atomic mass is 16.5. The summed E-state index contributed by atoms with van der Waals surface area (Å²) in [7, 11) is -2.76. The molecule has 0 saturated carbocycles. The van der Waals surface area contributed by atoms with Crippen LogP contribution in [0.3, 0.4) is 0 Å². The third-order valence-corrected chi connectivity index (χ3v) is 8.65. The van der Waals surface area contributed by atoms with Crippen molar-refractivity contribution in [2.75, 3.05) is 4.90 Å². The Bertz CT molecular complexity index is 1350. The minimum atomic E-state index is -1.72. The molecule has 1 aliphatic carbocycles. The predicted molar refractivity (Wildman–Crippen MR) is 156 cm³/mol. The zero-order valence-corrected chi connectivity index (χ0v) is 23.5. The third-order valence-electron chi connectivity index (χ3n) is 8.65. The third kappa shape index (κ3) is 5.87. The number of fused-ring (bicyclic) bond motifs is 3. The summed E-state index contributed by atoms with van der Waals surface area (Å²) in [6.07, 6.45) is 6.08. The lowest BCUT2D eigenvalue weighted by Gasteiger charge is -2.43. The van der Waals surface area contributed by atoms with Crippen LogP contribution in [0.2, 0.25) is 6.32 Å². The van der Waals surface area contributed by atoms with E-state index in [-0.39, 0.29) is 42.2 Å². The van der Waals surface area contributed by atoms with Gasteiger partial charge in [0.15, 0.2) is 0 Å². The standard InChI is InChI=1S/C30H37B2NO8/c1-3-6-19-14-24-28(30(36)33(29(24)35)21-8-5-7-20(15-21)32(38)39)25-16-31(37)41-26(27(19)25)12-9-18(4-2)13-22-10-11-23(17-34)40-22/h5,7-8,10-11,13,15,24-26,28,34,37-39H,3-4,6,9,12,14,16-17H2,1-2H3/b18-13+/t24-,25+,26-,28-/m1/s1. The fourth-order valence-corrected chi connectivity index (χ4v) is 6.81. The molecule has 11 heteroatoms. The number of imide groups is 1. The molecule has 0 radical (unpaired) electrons.